The highest BCUT2D eigenvalue weighted by atomic mass is 16.2. The number of anilines is 2. The Balaban J connectivity index is 1.58. The van der Waals surface area contributed by atoms with Crippen LogP contribution in [0.4, 0.5) is 21.0 Å². The molecular weight excluding hydrogens is 472 g/mol. The summed E-state index contributed by atoms with van der Waals surface area (Å²) in [6, 6.07) is 5.35. The van der Waals surface area contributed by atoms with E-state index in [0.717, 1.165) is 84.1 Å². The van der Waals surface area contributed by atoms with Crippen LogP contribution < -0.4 is 42.5 Å². The fourth-order valence-corrected chi connectivity index (χ4v) is 4.17. The Kier molecular flexibility index (Phi) is 13.4. The van der Waals surface area contributed by atoms with E-state index < -0.39 is 0 Å². The summed E-state index contributed by atoms with van der Waals surface area (Å²) in [5.74, 6) is 0. The van der Waals surface area contributed by atoms with E-state index in [1.807, 2.05) is 34.9 Å². The molecule has 0 unspecified atom stereocenters. The van der Waals surface area contributed by atoms with E-state index >= 15 is 0 Å². The van der Waals surface area contributed by atoms with Crippen LogP contribution in [0.15, 0.2) is 18.2 Å². The number of aryl methyl sites for hydroxylation is 1. The monoisotopic (exact) mass is 518 g/mol. The quantitative estimate of drug-likeness (QED) is 0.256. The van der Waals surface area contributed by atoms with Crippen molar-refractivity contribution in [1.82, 2.24) is 41.7 Å². The van der Waals surface area contributed by atoms with E-state index in [2.05, 4.69) is 42.5 Å². The average Bonchev–Trinajstić information content (AvgIpc) is 2.86. The molecule has 2 saturated heterocycles. The zero-order valence-corrected chi connectivity index (χ0v) is 22.3. The topological polar surface area (TPSA) is 137 Å². The zero-order chi connectivity index (χ0) is 26.1. The van der Waals surface area contributed by atoms with Gasteiger partial charge in [0.05, 0.1) is 0 Å². The molecule has 2 fully saturated rings. The zero-order valence-electron chi connectivity index (χ0n) is 22.3. The molecule has 2 aliphatic rings. The highest BCUT2D eigenvalue weighted by Gasteiger charge is 2.17. The summed E-state index contributed by atoms with van der Waals surface area (Å²) in [7, 11) is 0. The SMILES string of the molecule is Cc1ccc(NC(=O)N2CCNCCNCCNCC2)cc1NC(=O)N1CCNCCNCCNCC1. The molecule has 0 radical (unpaired) electrons. The van der Waals surface area contributed by atoms with Gasteiger partial charge in [-0.15, -0.1) is 0 Å². The number of urea groups is 2. The number of nitrogens with one attached hydrogen (secondary N) is 8. The van der Waals surface area contributed by atoms with Crippen molar-refractivity contribution in [1.29, 1.82) is 0 Å². The van der Waals surface area contributed by atoms with Crippen LogP contribution in [0.25, 0.3) is 0 Å². The fraction of sp³-hybridized carbons (Fsp3) is 0.680. The number of rotatable bonds is 2. The van der Waals surface area contributed by atoms with Gasteiger partial charge in [-0.2, -0.15) is 0 Å². The first kappa shape index (κ1) is 29.1. The van der Waals surface area contributed by atoms with Crippen molar-refractivity contribution in [3.63, 3.8) is 0 Å². The van der Waals surface area contributed by atoms with Gasteiger partial charge in [0, 0.05) is 116 Å². The molecule has 1 aromatic carbocycles. The van der Waals surface area contributed by atoms with Crippen LogP contribution in [0.5, 0.6) is 0 Å². The third kappa shape index (κ3) is 11.2. The van der Waals surface area contributed by atoms with Crippen LogP contribution in [-0.4, -0.2) is 127 Å². The first-order valence-corrected chi connectivity index (χ1v) is 13.6. The predicted molar refractivity (Wildman–Crippen MR) is 150 cm³/mol. The minimum atomic E-state index is -0.144. The van der Waals surface area contributed by atoms with Gasteiger partial charge in [-0.05, 0) is 24.6 Å². The lowest BCUT2D eigenvalue weighted by atomic mass is 10.2. The Morgan fingerprint density at radius 1 is 0.595 bits per heavy atom. The van der Waals surface area contributed by atoms with E-state index in [-0.39, 0.29) is 12.1 Å². The lowest BCUT2D eigenvalue weighted by molar-refractivity contribution is 0.211. The number of amides is 4. The molecule has 0 bridgehead atoms. The molecule has 0 aromatic heterocycles. The second-order valence-corrected chi connectivity index (χ2v) is 9.36. The molecule has 37 heavy (non-hydrogen) atoms. The lowest BCUT2D eigenvalue weighted by Crippen LogP contribution is -2.45. The molecule has 0 atom stereocenters. The summed E-state index contributed by atoms with van der Waals surface area (Å²) < 4.78 is 0. The number of carbonyl (C=O) groups excluding carboxylic acids is 2. The van der Waals surface area contributed by atoms with E-state index in [4.69, 9.17) is 0 Å². The first-order chi connectivity index (χ1) is 18.1. The van der Waals surface area contributed by atoms with Gasteiger partial charge >= 0.3 is 12.1 Å². The molecule has 0 spiro atoms. The summed E-state index contributed by atoms with van der Waals surface area (Å²) in [4.78, 5) is 29.8. The number of hydrogen-bond donors (Lipinski definition) is 8. The molecule has 208 valence electrons. The molecule has 12 heteroatoms. The number of hydrogen-bond acceptors (Lipinski definition) is 8. The van der Waals surface area contributed by atoms with Crippen LogP contribution in [0.2, 0.25) is 0 Å². The number of nitrogens with zero attached hydrogens (tertiary/aromatic N) is 2. The van der Waals surface area contributed by atoms with Gasteiger partial charge in [-0.1, -0.05) is 6.07 Å². The van der Waals surface area contributed by atoms with Crippen molar-refractivity contribution in [2.45, 2.75) is 6.92 Å². The minimum absolute atomic E-state index is 0.139. The van der Waals surface area contributed by atoms with E-state index in [1.165, 1.54) is 0 Å². The van der Waals surface area contributed by atoms with Gasteiger partial charge in [0.2, 0.25) is 0 Å². The fourth-order valence-electron chi connectivity index (χ4n) is 4.17. The summed E-state index contributed by atoms with van der Waals surface area (Å²) in [5.41, 5.74) is 2.30. The molecule has 2 heterocycles. The Bertz CT molecular complexity index is 801. The molecule has 0 aliphatic carbocycles. The maximum Gasteiger partial charge on any atom is 0.321 e. The molecule has 2 aliphatic heterocycles. The molecule has 1 aromatic rings. The smallest absolute Gasteiger partial charge is 0.321 e. The van der Waals surface area contributed by atoms with Crippen molar-refractivity contribution in [3.05, 3.63) is 23.8 Å². The minimum Gasteiger partial charge on any atom is -0.322 e. The van der Waals surface area contributed by atoms with Crippen molar-refractivity contribution >= 4 is 23.4 Å². The summed E-state index contributed by atoms with van der Waals surface area (Å²) in [5, 5.41) is 26.3. The van der Waals surface area contributed by atoms with Crippen LogP contribution in [-0.2, 0) is 0 Å². The molecule has 0 saturated carbocycles. The van der Waals surface area contributed by atoms with Crippen molar-refractivity contribution in [2.75, 3.05) is 115 Å². The van der Waals surface area contributed by atoms with Gasteiger partial charge < -0.3 is 52.3 Å². The van der Waals surface area contributed by atoms with Crippen LogP contribution in [0, 0.1) is 6.92 Å². The third-order valence-electron chi connectivity index (χ3n) is 6.45. The lowest BCUT2D eigenvalue weighted by Gasteiger charge is -2.26. The van der Waals surface area contributed by atoms with Crippen molar-refractivity contribution in [2.24, 2.45) is 0 Å². The standard InChI is InChI=1S/C25H46N10O2/c1-21-2-3-22(32-24(36)34-16-12-28-8-4-26-5-9-29-13-17-34)20-23(21)33-25(37)35-18-14-30-10-6-27-7-11-31-15-19-35/h2-3,20,26-31H,4-19H2,1H3,(H,32,36)(H,33,37). The molecular formula is C25H46N10O2. The summed E-state index contributed by atoms with van der Waals surface area (Å²) >= 11 is 0. The van der Waals surface area contributed by atoms with E-state index in [0.29, 0.717) is 37.6 Å². The molecule has 12 nitrogen and oxygen atoms in total. The molecule has 3 rings (SSSR count). The number of carbonyl (C=O) groups is 2. The number of benzene rings is 1. The predicted octanol–water partition coefficient (Wildman–Crippen LogP) is -0.772. The van der Waals surface area contributed by atoms with Gasteiger partial charge in [0.15, 0.2) is 0 Å². The van der Waals surface area contributed by atoms with Gasteiger partial charge in [0.25, 0.3) is 0 Å². The van der Waals surface area contributed by atoms with Crippen LogP contribution >= 0.6 is 0 Å². The Labute approximate surface area is 221 Å². The average molecular weight is 519 g/mol. The summed E-state index contributed by atoms with van der Waals surface area (Å²) in [6.07, 6.45) is 0. The second kappa shape index (κ2) is 17.1. The first-order valence-electron chi connectivity index (χ1n) is 13.6. The van der Waals surface area contributed by atoms with Crippen LogP contribution in [0.1, 0.15) is 5.56 Å². The third-order valence-corrected chi connectivity index (χ3v) is 6.45. The largest absolute Gasteiger partial charge is 0.322 e. The van der Waals surface area contributed by atoms with Gasteiger partial charge in [0.1, 0.15) is 0 Å². The highest BCUT2D eigenvalue weighted by molar-refractivity contribution is 5.93. The van der Waals surface area contributed by atoms with E-state index in [1.54, 1.807) is 0 Å². The molecule has 4 amide bonds. The Morgan fingerprint density at radius 3 is 1.41 bits per heavy atom. The van der Waals surface area contributed by atoms with Crippen LogP contribution in [0.3, 0.4) is 0 Å². The highest BCUT2D eigenvalue weighted by Crippen LogP contribution is 2.21. The van der Waals surface area contributed by atoms with Crippen molar-refractivity contribution in [3.8, 4) is 0 Å². The Hall–Kier alpha value is -2.48. The normalized spacial score (nSPS) is 19.9. The molecule has 8 N–H and O–H groups in total. The van der Waals surface area contributed by atoms with Gasteiger partial charge in [-0.25, -0.2) is 9.59 Å². The Morgan fingerprint density at radius 2 is 0.973 bits per heavy atom. The van der Waals surface area contributed by atoms with E-state index in [9.17, 15) is 9.59 Å². The van der Waals surface area contributed by atoms with Crippen molar-refractivity contribution < 1.29 is 9.59 Å². The summed E-state index contributed by atoms with van der Waals surface area (Å²) in [6.45, 7) is 14.5. The van der Waals surface area contributed by atoms with Gasteiger partial charge in [-0.3, -0.25) is 0 Å². The second-order valence-electron chi connectivity index (χ2n) is 9.36. The maximum absolute atomic E-state index is 13.1. The maximum atomic E-state index is 13.1.